The highest BCUT2D eigenvalue weighted by atomic mass is 16.1. The Kier molecular flexibility index (Phi) is 5.26. The van der Waals surface area contributed by atoms with Crippen molar-refractivity contribution in [2.75, 3.05) is 19.6 Å². The number of nitrogens with one attached hydrogen (secondary N) is 2. The van der Waals surface area contributed by atoms with Crippen LogP contribution in [0.15, 0.2) is 0 Å². The fourth-order valence-corrected chi connectivity index (χ4v) is 2.15. The molecule has 0 aromatic heterocycles. The van der Waals surface area contributed by atoms with Gasteiger partial charge in [-0.15, -0.1) is 0 Å². The molecule has 94 valence electrons. The first-order chi connectivity index (χ1) is 7.58. The third-order valence-electron chi connectivity index (χ3n) is 3.66. The van der Waals surface area contributed by atoms with E-state index in [1.807, 2.05) is 0 Å². The second-order valence-corrected chi connectivity index (χ2v) is 5.51. The summed E-state index contributed by atoms with van der Waals surface area (Å²) >= 11 is 0. The summed E-state index contributed by atoms with van der Waals surface area (Å²) in [4.78, 5) is 11.5. The Morgan fingerprint density at radius 1 is 1.38 bits per heavy atom. The molecule has 3 heteroatoms. The summed E-state index contributed by atoms with van der Waals surface area (Å²) in [5, 5.41) is 6.21. The van der Waals surface area contributed by atoms with Crippen LogP contribution in [0.1, 0.15) is 46.5 Å². The predicted molar refractivity (Wildman–Crippen MR) is 67.3 cm³/mol. The second-order valence-electron chi connectivity index (χ2n) is 5.51. The zero-order valence-electron chi connectivity index (χ0n) is 10.9. The van der Waals surface area contributed by atoms with Crippen LogP contribution < -0.4 is 10.6 Å². The molecule has 0 spiro atoms. The summed E-state index contributed by atoms with van der Waals surface area (Å²) in [6, 6.07) is 0. The fourth-order valence-electron chi connectivity index (χ4n) is 2.15. The van der Waals surface area contributed by atoms with Crippen molar-refractivity contribution in [3.8, 4) is 0 Å². The van der Waals surface area contributed by atoms with Crippen LogP contribution in [0.2, 0.25) is 0 Å². The average molecular weight is 226 g/mol. The lowest BCUT2D eigenvalue weighted by Gasteiger charge is -2.41. The minimum atomic E-state index is 0.124. The van der Waals surface area contributed by atoms with Gasteiger partial charge in [-0.25, -0.2) is 0 Å². The van der Waals surface area contributed by atoms with E-state index in [-0.39, 0.29) is 5.91 Å². The number of rotatable bonds is 7. The summed E-state index contributed by atoms with van der Waals surface area (Å²) in [5.41, 5.74) is 0.498. The monoisotopic (exact) mass is 226 g/mol. The van der Waals surface area contributed by atoms with Gasteiger partial charge in [-0.2, -0.15) is 0 Å². The van der Waals surface area contributed by atoms with Crippen LogP contribution in [0.4, 0.5) is 0 Å². The third-order valence-corrected chi connectivity index (χ3v) is 3.66. The maximum Gasteiger partial charge on any atom is 0.233 e. The molecule has 0 heterocycles. The van der Waals surface area contributed by atoms with Crippen molar-refractivity contribution in [3.63, 3.8) is 0 Å². The molecule has 1 fully saturated rings. The molecular weight excluding hydrogens is 200 g/mol. The van der Waals surface area contributed by atoms with Gasteiger partial charge in [0.1, 0.15) is 0 Å². The van der Waals surface area contributed by atoms with E-state index in [0.717, 1.165) is 13.1 Å². The van der Waals surface area contributed by atoms with Gasteiger partial charge in [-0.3, -0.25) is 4.79 Å². The third kappa shape index (κ3) is 4.12. The van der Waals surface area contributed by atoms with Crippen LogP contribution in [0.3, 0.4) is 0 Å². The molecule has 0 saturated heterocycles. The second kappa shape index (κ2) is 6.24. The number of carbonyl (C=O) groups is 1. The van der Waals surface area contributed by atoms with Gasteiger partial charge in [0.25, 0.3) is 0 Å². The molecule has 0 unspecified atom stereocenters. The van der Waals surface area contributed by atoms with E-state index in [0.29, 0.717) is 17.9 Å². The number of amides is 1. The lowest BCUT2D eigenvalue weighted by Crippen LogP contribution is -2.43. The molecule has 0 aliphatic heterocycles. The van der Waals surface area contributed by atoms with Gasteiger partial charge in [0.2, 0.25) is 5.91 Å². The van der Waals surface area contributed by atoms with E-state index in [1.54, 1.807) is 0 Å². The molecule has 1 saturated carbocycles. The molecule has 0 aromatic rings. The van der Waals surface area contributed by atoms with E-state index < -0.39 is 0 Å². The van der Waals surface area contributed by atoms with Gasteiger partial charge in [0.15, 0.2) is 0 Å². The van der Waals surface area contributed by atoms with Crippen molar-refractivity contribution in [2.45, 2.75) is 46.5 Å². The molecule has 0 bridgehead atoms. The van der Waals surface area contributed by atoms with Crippen molar-refractivity contribution in [1.82, 2.24) is 10.6 Å². The van der Waals surface area contributed by atoms with Crippen LogP contribution in [-0.2, 0) is 4.79 Å². The first-order valence-electron chi connectivity index (χ1n) is 6.55. The van der Waals surface area contributed by atoms with Gasteiger partial charge in [0, 0.05) is 13.1 Å². The van der Waals surface area contributed by atoms with Gasteiger partial charge < -0.3 is 10.6 Å². The Labute approximate surface area is 99.4 Å². The van der Waals surface area contributed by atoms with Gasteiger partial charge in [-0.1, -0.05) is 27.2 Å². The largest absolute Gasteiger partial charge is 0.355 e. The summed E-state index contributed by atoms with van der Waals surface area (Å²) in [6.07, 6.45) is 5.23. The van der Waals surface area contributed by atoms with Crippen LogP contribution in [0, 0.1) is 11.3 Å². The molecule has 1 aliphatic carbocycles. The van der Waals surface area contributed by atoms with Crippen molar-refractivity contribution >= 4 is 5.91 Å². The quantitative estimate of drug-likeness (QED) is 0.696. The Balaban J connectivity index is 2.08. The van der Waals surface area contributed by atoms with Gasteiger partial charge in [0.05, 0.1) is 6.54 Å². The maximum atomic E-state index is 11.5. The molecule has 1 amide bonds. The summed E-state index contributed by atoms with van der Waals surface area (Å²) in [6.45, 7) is 8.70. The molecule has 1 aliphatic rings. The summed E-state index contributed by atoms with van der Waals surface area (Å²) < 4.78 is 0. The first kappa shape index (κ1) is 13.5. The van der Waals surface area contributed by atoms with Crippen molar-refractivity contribution in [3.05, 3.63) is 0 Å². The van der Waals surface area contributed by atoms with E-state index in [4.69, 9.17) is 0 Å². The summed E-state index contributed by atoms with van der Waals surface area (Å²) in [7, 11) is 0. The minimum Gasteiger partial charge on any atom is -0.355 e. The van der Waals surface area contributed by atoms with Crippen molar-refractivity contribution in [1.29, 1.82) is 0 Å². The maximum absolute atomic E-state index is 11.5. The molecule has 1 rings (SSSR count). The van der Waals surface area contributed by atoms with Crippen LogP contribution in [0.5, 0.6) is 0 Å². The molecule has 3 nitrogen and oxygen atoms in total. The van der Waals surface area contributed by atoms with Crippen LogP contribution >= 0.6 is 0 Å². The number of carbonyl (C=O) groups excluding carboxylic acids is 1. The highest BCUT2D eigenvalue weighted by Gasteiger charge is 2.34. The highest BCUT2D eigenvalue weighted by molar-refractivity contribution is 5.77. The van der Waals surface area contributed by atoms with Crippen LogP contribution in [-0.4, -0.2) is 25.5 Å². The van der Waals surface area contributed by atoms with Crippen molar-refractivity contribution in [2.24, 2.45) is 11.3 Å². The Hall–Kier alpha value is -0.570. The summed E-state index contributed by atoms with van der Waals surface area (Å²) in [5.74, 6) is 0.650. The average Bonchev–Trinajstić information content (AvgIpc) is 2.19. The van der Waals surface area contributed by atoms with Gasteiger partial charge >= 0.3 is 0 Å². The lowest BCUT2D eigenvalue weighted by molar-refractivity contribution is -0.120. The van der Waals surface area contributed by atoms with Crippen LogP contribution in [0.25, 0.3) is 0 Å². The van der Waals surface area contributed by atoms with Gasteiger partial charge in [-0.05, 0) is 30.6 Å². The van der Waals surface area contributed by atoms with E-state index in [2.05, 4.69) is 31.4 Å². The number of hydrogen-bond acceptors (Lipinski definition) is 2. The fraction of sp³-hybridized carbons (Fsp3) is 0.923. The molecule has 2 N–H and O–H groups in total. The smallest absolute Gasteiger partial charge is 0.233 e. The van der Waals surface area contributed by atoms with E-state index >= 15 is 0 Å². The Morgan fingerprint density at radius 2 is 2.06 bits per heavy atom. The minimum absolute atomic E-state index is 0.124. The van der Waals surface area contributed by atoms with Crippen molar-refractivity contribution < 1.29 is 4.79 Å². The predicted octanol–water partition coefficient (Wildman–Crippen LogP) is 1.93. The number of hydrogen-bond donors (Lipinski definition) is 2. The zero-order valence-corrected chi connectivity index (χ0v) is 10.9. The SMILES string of the molecule is CCC1(CNCC(=O)NCC(C)C)CCC1. The Bertz CT molecular complexity index is 216. The highest BCUT2D eigenvalue weighted by Crippen LogP contribution is 2.42. The lowest BCUT2D eigenvalue weighted by atomic mass is 9.67. The Morgan fingerprint density at radius 3 is 2.50 bits per heavy atom. The topological polar surface area (TPSA) is 41.1 Å². The normalized spacial score (nSPS) is 18.2. The zero-order chi connectivity index (χ0) is 12.0. The molecule has 16 heavy (non-hydrogen) atoms. The molecule has 0 radical (unpaired) electrons. The molecular formula is C13H26N2O. The van der Waals surface area contributed by atoms with E-state index in [9.17, 15) is 4.79 Å². The standard InChI is InChI=1S/C13H26N2O/c1-4-13(6-5-7-13)10-14-9-12(16)15-8-11(2)3/h11,14H,4-10H2,1-3H3,(H,15,16). The first-order valence-corrected chi connectivity index (χ1v) is 6.55. The molecule has 0 aromatic carbocycles. The molecule has 0 atom stereocenters. The van der Waals surface area contributed by atoms with E-state index in [1.165, 1.54) is 25.7 Å².